The van der Waals surface area contributed by atoms with Gasteiger partial charge in [0.1, 0.15) is 11.5 Å². The smallest absolute Gasteiger partial charge is 0.337 e. The lowest BCUT2D eigenvalue weighted by atomic mass is 10.0. The minimum Gasteiger partial charge on any atom is -0.465 e. The van der Waals surface area contributed by atoms with E-state index in [1.807, 2.05) is 19.1 Å². The number of hydrogen-bond acceptors (Lipinski definition) is 6. The first-order valence-corrected chi connectivity index (χ1v) is 8.69. The van der Waals surface area contributed by atoms with E-state index < -0.39 is 5.97 Å². The van der Waals surface area contributed by atoms with Gasteiger partial charge in [0.2, 0.25) is 0 Å². The molecule has 1 aromatic carbocycles. The summed E-state index contributed by atoms with van der Waals surface area (Å²) in [6.45, 7) is 1.94. The highest BCUT2D eigenvalue weighted by molar-refractivity contribution is 8.18. The Hall–Kier alpha value is -2.80. The van der Waals surface area contributed by atoms with Crippen molar-refractivity contribution < 1.29 is 18.7 Å². The van der Waals surface area contributed by atoms with Crippen LogP contribution in [0.5, 0.6) is 0 Å². The highest BCUT2D eigenvalue weighted by Gasteiger charge is 2.30. The number of furan rings is 1. The minimum absolute atomic E-state index is 0.114. The lowest BCUT2D eigenvalue weighted by Gasteiger charge is -2.05. The van der Waals surface area contributed by atoms with Gasteiger partial charge in [-0.1, -0.05) is 6.07 Å². The summed E-state index contributed by atoms with van der Waals surface area (Å²) >= 11 is 1.31. The fourth-order valence-corrected chi connectivity index (χ4v) is 3.49. The second-order valence-corrected chi connectivity index (χ2v) is 6.71. The van der Waals surface area contributed by atoms with Crippen molar-refractivity contribution in [2.75, 3.05) is 21.2 Å². The van der Waals surface area contributed by atoms with Gasteiger partial charge in [-0.15, -0.1) is 0 Å². The van der Waals surface area contributed by atoms with Gasteiger partial charge in [0.05, 0.1) is 17.6 Å². The van der Waals surface area contributed by atoms with Crippen molar-refractivity contribution in [3.05, 3.63) is 52.1 Å². The van der Waals surface area contributed by atoms with E-state index in [2.05, 4.69) is 4.99 Å². The zero-order chi connectivity index (χ0) is 18.8. The molecule has 6 nitrogen and oxygen atoms in total. The lowest BCUT2D eigenvalue weighted by Crippen LogP contribution is -2.23. The first-order valence-electron chi connectivity index (χ1n) is 7.88. The number of amides is 1. The Morgan fingerprint density at radius 1 is 1.31 bits per heavy atom. The molecule has 0 unspecified atom stereocenters. The van der Waals surface area contributed by atoms with Crippen LogP contribution < -0.4 is 0 Å². The van der Waals surface area contributed by atoms with E-state index in [4.69, 9.17) is 9.15 Å². The van der Waals surface area contributed by atoms with E-state index in [9.17, 15) is 9.59 Å². The quantitative estimate of drug-likeness (QED) is 0.610. The molecule has 0 aliphatic carbocycles. The van der Waals surface area contributed by atoms with Gasteiger partial charge in [-0.05, 0) is 48.5 Å². The van der Waals surface area contributed by atoms with Crippen LogP contribution in [0.1, 0.15) is 21.7 Å². The molecule has 0 bridgehead atoms. The monoisotopic (exact) mass is 370 g/mol. The summed E-state index contributed by atoms with van der Waals surface area (Å²) in [6, 6.07) is 8.91. The van der Waals surface area contributed by atoms with Crippen LogP contribution in [0.4, 0.5) is 0 Å². The molecule has 1 amide bonds. The van der Waals surface area contributed by atoms with E-state index in [0.717, 1.165) is 11.1 Å². The number of methoxy groups -OCH3 is 1. The van der Waals surface area contributed by atoms with Gasteiger partial charge >= 0.3 is 5.97 Å². The number of benzene rings is 1. The topological polar surface area (TPSA) is 72.1 Å². The zero-order valence-corrected chi connectivity index (χ0v) is 15.7. The molecule has 26 heavy (non-hydrogen) atoms. The van der Waals surface area contributed by atoms with Crippen molar-refractivity contribution in [2.24, 2.45) is 4.99 Å². The molecule has 0 radical (unpaired) electrons. The summed E-state index contributed by atoms with van der Waals surface area (Å²) in [7, 11) is 4.69. The Morgan fingerprint density at radius 3 is 2.73 bits per heavy atom. The summed E-state index contributed by atoms with van der Waals surface area (Å²) in [5.41, 5.74) is 2.23. The molecule has 2 aromatic rings. The van der Waals surface area contributed by atoms with Crippen molar-refractivity contribution in [2.45, 2.75) is 6.92 Å². The van der Waals surface area contributed by atoms with Gasteiger partial charge in [0, 0.05) is 25.7 Å². The van der Waals surface area contributed by atoms with Crippen molar-refractivity contribution in [1.29, 1.82) is 0 Å². The van der Waals surface area contributed by atoms with E-state index in [-0.39, 0.29) is 5.91 Å². The molecule has 1 aliphatic heterocycles. The number of amidine groups is 1. The standard InChI is InChI=1S/C19H18N2O4S/c1-11-5-6-12(18(23)24-4)9-14(11)15-8-7-13(25-15)10-16-17(22)21(3)19(20-2)26-16/h5-10H,1-4H3/b16-10+,20-19?. The van der Waals surface area contributed by atoms with Gasteiger partial charge < -0.3 is 9.15 Å². The van der Waals surface area contributed by atoms with Crippen LogP contribution in [0.25, 0.3) is 17.4 Å². The van der Waals surface area contributed by atoms with E-state index in [1.165, 1.54) is 23.8 Å². The molecule has 0 spiro atoms. The molecule has 7 heteroatoms. The first kappa shape index (κ1) is 18.0. The van der Waals surface area contributed by atoms with Crippen molar-refractivity contribution in [3.8, 4) is 11.3 Å². The molecule has 0 saturated carbocycles. The number of aryl methyl sites for hydroxylation is 1. The molecule has 2 heterocycles. The number of nitrogens with zero attached hydrogens (tertiary/aromatic N) is 2. The summed E-state index contributed by atoms with van der Waals surface area (Å²) in [5, 5.41) is 0.648. The zero-order valence-electron chi connectivity index (χ0n) is 14.9. The first-order chi connectivity index (χ1) is 12.4. The van der Waals surface area contributed by atoms with Crippen LogP contribution in [0, 0.1) is 6.92 Å². The number of carbonyl (C=O) groups is 2. The second kappa shape index (κ2) is 7.21. The molecular formula is C19H18N2O4S. The minimum atomic E-state index is -0.400. The Balaban J connectivity index is 1.93. The SMILES string of the molecule is CN=C1S/C(=C/c2ccc(-c3cc(C(=O)OC)ccc3C)o2)C(=O)N1C. The average molecular weight is 370 g/mol. The Morgan fingerprint density at radius 2 is 2.08 bits per heavy atom. The van der Waals surface area contributed by atoms with Gasteiger partial charge in [-0.25, -0.2) is 4.79 Å². The van der Waals surface area contributed by atoms with Crippen molar-refractivity contribution in [1.82, 2.24) is 4.90 Å². The van der Waals surface area contributed by atoms with E-state index >= 15 is 0 Å². The van der Waals surface area contributed by atoms with Crippen LogP contribution in [0.2, 0.25) is 0 Å². The number of ether oxygens (including phenoxy) is 1. The molecule has 1 aliphatic rings. The van der Waals surface area contributed by atoms with Gasteiger partial charge in [0.25, 0.3) is 5.91 Å². The van der Waals surface area contributed by atoms with Crippen LogP contribution >= 0.6 is 11.8 Å². The number of likely N-dealkylation sites (N-methyl/N-ethyl adjacent to an activating group) is 1. The van der Waals surface area contributed by atoms with Gasteiger partial charge in [-0.2, -0.15) is 0 Å². The van der Waals surface area contributed by atoms with E-state index in [1.54, 1.807) is 38.4 Å². The number of thioether (sulfide) groups is 1. The Labute approximate surface area is 155 Å². The van der Waals surface area contributed by atoms with Gasteiger partial charge in [-0.3, -0.25) is 14.7 Å². The second-order valence-electron chi connectivity index (χ2n) is 5.70. The molecule has 3 rings (SSSR count). The summed E-state index contributed by atoms with van der Waals surface area (Å²) in [5.74, 6) is 0.665. The number of hydrogen-bond donors (Lipinski definition) is 0. The fourth-order valence-electron chi connectivity index (χ4n) is 2.59. The maximum Gasteiger partial charge on any atom is 0.337 e. The molecule has 1 fully saturated rings. The summed E-state index contributed by atoms with van der Waals surface area (Å²) in [4.78, 5) is 30.1. The Kier molecular flexibility index (Phi) is 4.99. The molecule has 0 N–H and O–H groups in total. The van der Waals surface area contributed by atoms with Gasteiger partial charge in [0.15, 0.2) is 5.17 Å². The number of carbonyl (C=O) groups excluding carboxylic acids is 2. The predicted molar refractivity (Wildman–Crippen MR) is 102 cm³/mol. The third-order valence-corrected chi connectivity index (χ3v) is 5.17. The predicted octanol–water partition coefficient (Wildman–Crippen LogP) is 3.57. The highest BCUT2D eigenvalue weighted by atomic mass is 32.2. The van der Waals surface area contributed by atoms with Crippen LogP contribution in [0.15, 0.2) is 44.6 Å². The fraction of sp³-hybridized carbons (Fsp3) is 0.211. The van der Waals surface area contributed by atoms with Crippen LogP contribution in [-0.2, 0) is 9.53 Å². The Bertz CT molecular complexity index is 943. The summed E-state index contributed by atoms with van der Waals surface area (Å²) < 4.78 is 10.6. The van der Waals surface area contributed by atoms with Crippen molar-refractivity contribution in [3.63, 3.8) is 0 Å². The lowest BCUT2D eigenvalue weighted by molar-refractivity contribution is -0.121. The van der Waals surface area contributed by atoms with Crippen LogP contribution in [-0.4, -0.2) is 43.1 Å². The number of esters is 1. The van der Waals surface area contributed by atoms with Crippen LogP contribution in [0.3, 0.4) is 0 Å². The molecule has 1 aromatic heterocycles. The van der Waals surface area contributed by atoms with E-state index in [0.29, 0.717) is 27.2 Å². The summed E-state index contributed by atoms with van der Waals surface area (Å²) in [6.07, 6.45) is 1.70. The highest BCUT2D eigenvalue weighted by Crippen LogP contribution is 2.33. The third kappa shape index (κ3) is 3.30. The molecular weight excluding hydrogens is 352 g/mol. The third-order valence-electron chi connectivity index (χ3n) is 4.02. The molecule has 0 atom stereocenters. The maximum absolute atomic E-state index is 12.2. The number of rotatable bonds is 3. The molecule has 1 saturated heterocycles. The largest absolute Gasteiger partial charge is 0.465 e. The molecule has 134 valence electrons. The van der Waals surface area contributed by atoms with Crippen molar-refractivity contribution >= 4 is 34.9 Å². The average Bonchev–Trinajstić information content (AvgIpc) is 3.21. The number of aliphatic imine (C=N–C) groups is 1. The maximum atomic E-state index is 12.2. The normalized spacial score (nSPS) is 17.4.